The molecule has 6 heteroatoms. The monoisotopic (exact) mass is 292 g/mol. The molecule has 1 aliphatic carbocycles. The zero-order valence-electron chi connectivity index (χ0n) is 11.8. The Morgan fingerprint density at radius 1 is 1.19 bits per heavy atom. The van der Waals surface area contributed by atoms with E-state index in [-0.39, 0.29) is 17.0 Å². The molecular formula is C15H20N2O4. The lowest BCUT2D eigenvalue weighted by atomic mass is 9.89. The third kappa shape index (κ3) is 4.37. The first-order valence-electron chi connectivity index (χ1n) is 7.17. The normalized spacial score (nSPS) is 15.4. The number of hydrogen-bond acceptors (Lipinski definition) is 3. The number of carboxylic acid groups (broad SMARTS) is 1. The predicted molar refractivity (Wildman–Crippen MR) is 78.7 cm³/mol. The first-order valence-corrected chi connectivity index (χ1v) is 7.17. The number of urea groups is 1. The Morgan fingerprint density at radius 3 is 2.57 bits per heavy atom. The van der Waals surface area contributed by atoms with Crippen molar-refractivity contribution in [2.45, 2.75) is 32.1 Å². The summed E-state index contributed by atoms with van der Waals surface area (Å²) in [6, 6.07) is 3.40. The van der Waals surface area contributed by atoms with Crippen LogP contribution in [0.4, 0.5) is 10.5 Å². The smallest absolute Gasteiger partial charge is 0.337 e. The number of carbonyl (C=O) groups excluding carboxylic acids is 1. The standard InChI is InChI=1S/C15H20N2O4/c18-11-6-7-13(12(8-11)14(19)20)17-15(21)16-9-10-4-2-1-3-5-10/h6-8,10,18H,1-5,9H2,(H,19,20)(H2,16,17,21). The van der Waals surface area contributed by atoms with Gasteiger partial charge in [-0.25, -0.2) is 9.59 Å². The van der Waals surface area contributed by atoms with Crippen molar-refractivity contribution in [2.24, 2.45) is 5.92 Å². The van der Waals surface area contributed by atoms with Crippen molar-refractivity contribution in [3.05, 3.63) is 23.8 Å². The van der Waals surface area contributed by atoms with E-state index in [4.69, 9.17) is 5.11 Å². The Bertz CT molecular complexity index is 524. The number of aromatic carboxylic acids is 1. The molecule has 2 amide bonds. The number of anilines is 1. The lowest BCUT2D eigenvalue weighted by Gasteiger charge is -2.21. The van der Waals surface area contributed by atoms with E-state index in [9.17, 15) is 14.7 Å². The van der Waals surface area contributed by atoms with Gasteiger partial charge >= 0.3 is 12.0 Å². The molecule has 0 radical (unpaired) electrons. The number of phenolic OH excluding ortho intramolecular Hbond substituents is 1. The molecule has 1 aromatic carbocycles. The van der Waals surface area contributed by atoms with Crippen LogP contribution in [0.15, 0.2) is 18.2 Å². The van der Waals surface area contributed by atoms with Crippen molar-refractivity contribution >= 4 is 17.7 Å². The third-order valence-electron chi connectivity index (χ3n) is 3.76. The number of rotatable bonds is 4. The Kier molecular flexibility index (Phi) is 5.03. The molecule has 0 heterocycles. The summed E-state index contributed by atoms with van der Waals surface area (Å²) in [4.78, 5) is 22.9. The van der Waals surface area contributed by atoms with E-state index in [0.29, 0.717) is 12.5 Å². The maximum Gasteiger partial charge on any atom is 0.337 e. The lowest BCUT2D eigenvalue weighted by molar-refractivity contribution is 0.0697. The van der Waals surface area contributed by atoms with Crippen LogP contribution in [-0.4, -0.2) is 28.8 Å². The van der Waals surface area contributed by atoms with Crippen molar-refractivity contribution in [2.75, 3.05) is 11.9 Å². The first-order chi connectivity index (χ1) is 10.1. The Balaban J connectivity index is 1.91. The summed E-state index contributed by atoms with van der Waals surface area (Å²) in [5.74, 6) is -0.850. The van der Waals surface area contributed by atoms with Crippen LogP contribution in [0.1, 0.15) is 42.5 Å². The van der Waals surface area contributed by atoms with E-state index in [1.807, 2.05) is 0 Å². The number of carboxylic acids is 1. The van der Waals surface area contributed by atoms with E-state index >= 15 is 0 Å². The summed E-state index contributed by atoms with van der Waals surface area (Å²) in [7, 11) is 0. The van der Waals surface area contributed by atoms with Crippen LogP contribution in [0.5, 0.6) is 5.75 Å². The third-order valence-corrected chi connectivity index (χ3v) is 3.76. The largest absolute Gasteiger partial charge is 0.508 e. The molecule has 1 aliphatic rings. The quantitative estimate of drug-likeness (QED) is 0.641. The fraction of sp³-hybridized carbons (Fsp3) is 0.467. The van der Waals surface area contributed by atoms with Gasteiger partial charge in [-0.1, -0.05) is 19.3 Å². The molecule has 6 nitrogen and oxygen atoms in total. The minimum absolute atomic E-state index is 0.136. The Hall–Kier alpha value is -2.24. The maximum atomic E-state index is 11.8. The van der Waals surface area contributed by atoms with Gasteiger partial charge in [-0.05, 0) is 37.0 Å². The van der Waals surface area contributed by atoms with Crippen LogP contribution >= 0.6 is 0 Å². The van der Waals surface area contributed by atoms with E-state index in [2.05, 4.69) is 10.6 Å². The van der Waals surface area contributed by atoms with E-state index in [1.165, 1.54) is 31.4 Å². The number of carbonyl (C=O) groups is 2. The molecule has 1 saturated carbocycles. The van der Waals surface area contributed by atoms with Gasteiger partial charge in [0.1, 0.15) is 5.75 Å². The first kappa shape index (κ1) is 15.2. The fourth-order valence-corrected chi connectivity index (χ4v) is 2.61. The van der Waals surface area contributed by atoms with Crippen molar-refractivity contribution < 1.29 is 19.8 Å². The molecule has 1 aromatic rings. The molecule has 0 spiro atoms. The van der Waals surface area contributed by atoms with Gasteiger partial charge in [0.05, 0.1) is 11.3 Å². The van der Waals surface area contributed by atoms with Gasteiger partial charge in [0.2, 0.25) is 0 Å². The zero-order chi connectivity index (χ0) is 15.2. The molecule has 0 saturated heterocycles. The highest BCUT2D eigenvalue weighted by atomic mass is 16.4. The minimum Gasteiger partial charge on any atom is -0.508 e. The van der Waals surface area contributed by atoms with Crippen molar-refractivity contribution in [3.63, 3.8) is 0 Å². The minimum atomic E-state index is -1.20. The highest BCUT2D eigenvalue weighted by Gasteiger charge is 2.16. The van der Waals surface area contributed by atoms with Crippen LogP contribution in [-0.2, 0) is 0 Å². The summed E-state index contributed by atoms with van der Waals surface area (Å²) in [6.07, 6.45) is 5.92. The Labute approximate surface area is 123 Å². The molecule has 0 aromatic heterocycles. The van der Waals surface area contributed by atoms with E-state index in [1.54, 1.807) is 0 Å². The van der Waals surface area contributed by atoms with Crippen LogP contribution in [0.3, 0.4) is 0 Å². The van der Waals surface area contributed by atoms with Crippen LogP contribution < -0.4 is 10.6 Å². The van der Waals surface area contributed by atoms with Gasteiger partial charge in [0.15, 0.2) is 0 Å². The average Bonchev–Trinajstić information content (AvgIpc) is 2.48. The summed E-state index contributed by atoms with van der Waals surface area (Å²) in [5, 5.41) is 23.6. The summed E-state index contributed by atoms with van der Waals surface area (Å²) >= 11 is 0. The summed E-state index contributed by atoms with van der Waals surface area (Å²) < 4.78 is 0. The van der Waals surface area contributed by atoms with Gasteiger partial charge in [0, 0.05) is 6.54 Å². The maximum absolute atomic E-state index is 11.8. The van der Waals surface area contributed by atoms with Crippen LogP contribution in [0.25, 0.3) is 0 Å². The van der Waals surface area contributed by atoms with Crippen molar-refractivity contribution in [1.29, 1.82) is 0 Å². The van der Waals surface area contributed by atoms with Gasteiger partial charge in [0.25, 0.3) is 0 Å². The highest BCUT2D eigenvalue weighted by molar-refractivity contribution is 6.00. The lowest BCUT2D eigenvalue weighted by Crippen LogP contribution is -2.34. The number of amides is 2. The molecule has 0 unspecified atom stereocenters. The number of aromatic hydroxyl groups is 1. The second-order valence-electron chi connectivity index (χ2n) is 5.37. The number of nitrogens with one attached hydrogen (secondary N) is 2. The number of benzene rings is 1. The van der Waals surface area contributed by atoms with Gasteiger partial charge < -0.3 is 20.8 Å². The van der Waals surface area contributed by atoms with E-state index < -0.39 is 12.0 Å². The molecule has 2 rings (SSSR count). The van der Waals surface area contributed by atoms with Crippen molar-refractivity contribution in [3.8, 4) is 5.75 Å². The molecular weight excluding hydrogens is 272 g/mol. The molecule has 0 atom stereocenters. The molecule has 21 heavy (non-hydrogen) atoms. The SMILES string of the molecule is O=C(NCC1CCCCC1)Nc1ccc(O)cc1C(=O)O. The summed E-state index contributed by atoms with van der Waals surface area (Å²) in [6.45, 7) is 0.603. The molecule has 4 N–H and O–H groups in total. The topological polar surface area (TPSA) is 98.7 Å². The number of hydrogen-bond donors (Lipinski definition) is 4. The van der Waals surface area contributed by atoms with E-state index in [0.717, 1.165) is 18.9 Å². The highest BCUT2D eigenvalue weighted by Crippen LogP contribution is 2.23. The average molecular weight is 292 g/mol. The van der Waals surface area contributed by atoms with Gasteiger partial charge in [-0.15, -0.1) is 0 Å². The van der Waals surface area contributed by atoms with Gasteiger partial charge in [-0.3, -0.25) is 0 Å². The molecule has 1 fully saturated rings. The number of phenols is 1. The Morgan fingerprint density at radius 2 is 1.90 bits per heavy atom. The molecule has 0 aliphatic heterocycles. The molecule has 114 valence electrons. The van der Waals surface area contributed by atoms with Crippen LogP contribution in [0, 0.1) is 5.92 Å². The van der Waals surface area contributed by atoms with Gasteiger partial charge in [-0.2, -0.15) is 0 Å². The van der Waals surface area contributed by atoms with Crippen molar-refractivity contribution in [1.82, 2.24) is 5.32 Å². The zero-order valence-corrected chi connectivity index (χ0v) is 11.8. The predicted octanol–water partition coefficient (Wildman–Crippen LogP) is 2.79. The summed E-state index contributed by atoms with van der Waals surface area (Å²) in [5.41, 5.74) is 0.0317. The van der Waals surface area contributed by atoms with Crippen LogP contribution in [0.2, 0.25) is 0 Å². The second-order valence-corrected chi connectivity index (χ2v) is 5.37. The fourth-order valence-electron chi connectivity index (χ4n) is 2.61. The second kappa shape index (κ2) is 6.97. The molecule has 0 bridgehead atoms.